The Morgan fingerprint density at radius 3 is 2.61 bits per heavy atom. The van der Waals surface area contributed by atoms with E-state index in [1.54, 1.807) is 35.2 Å². The summed E-state index contributed by atoms with van der Waals surface area (Å²) in [5, 5.41) is 3.94. The second-order valence-electron chi connectivity index (χ2n) is 8.06. The minimum Gasteiger partial charge on any atom is -0.494 e. The van der Waals surface area contributed by atoms with Gasteiger partial charge in [-0.15, -0.1) is 0 Å². The highest BCUT2D eigenvalue weighted by molar-refractivity contribution is 8.15. The Morgan fingerprint density at radius 1 is 1.08 bits per heavy atom. The molecule has 4 rings (SSSR count). The maximum Gasteiger partial charge on any atom is 0.238 e. The predicted octanol–water partition coefficient (Wildman–Crippen LogP) is 6.60. The van der Waals surface area contributed by atoms with Crippen LogP contribution in [0.4, 0.5) is 11.4 Å². The molecule has 1 unspecified atom stereocenters. The van der Waals surface area contributed by atoms with E-state index in [1.165, 1.54) is 11.8 Å². The fraction of sp³-hybridized carbons (Fsp3) is 0.222. The van der Waals surface area contributed by atoms with E-state index in [2.05, 4.69) is 5.32 Å². The summed E-state index contributed by atoms with van der Waals surface area (Å²) in [4.78, 5) is 32.7. The molecule has 6 nitrogen and oxygen atoms in total. The number of hydrogen-bond acceptors (Lipinski definition) is 5. The van der Waals surface area contributed by atoms with Gasteiger partial charge in [-0.2, -0.15) is 0 Å². The fourth-order valence-electron chi connectivity index (χ4n) is 3.66. The van der Waals surface area contributed by atoms with Gasteiger partial charge in [0.05, 0.1) is 12.3 Å². The van der Waals surface area contributed by atoms with Gasteiger partial charge in [-0.05, 0) is 61.4 Å². The van der Waals surface area contributed by atoms with Crippen LogP contribution in [0.2, 0.25) is 10.0 Å². The topological polar surface area (TPSA) is 71.0 Å². The molecule has 1 N–H and O–H groups in total. The molecule has 36 heavy (non-hydrogen) atoms. The van der Waals surface area contributed by atoms with Crippen LogP contribution in [0.5, 0.6) is 5.75 Å². The van der Waals surface area contributed by atoms with E-state index in [0.29, 0.717) is 51.9 Å². The van der Waals surface area contributed by atoms with Crippen molar-refractivity contribution in [3.63, 3.8) is 0 Å². The van der Waals surface area contributed by atoms with E-state index in [1.807, 2.05) is 49.4 Å². The van der Waals surface area contributed by atoms with Crippen LogP contribution in [-0.4, -0.2) is 40.3 Å². The Hall–Kier alpha value is -3.00. The lowest BCUT2D eigenvalue weighted by Crippen LogP contribution is -2.46. The molecule has 1 fully saturated rings. The van der Waals surface area contributed by atoms with Crippen molar-refractivity contribution >= 4 is 63.3 Å². The highest BCUT2D eigenvalue weighted by Crippen LogP contribution is 2.31. The third-order valence-electron chi connectivity index (χ3n) is 5.41. The Balaban J connectivity index is 1.54. The molecule has 9 heteroatoms. The molecule has 186 valence electrons. The van der Waals surface area contributed by atoms with Crippen molar-refractivity contribution in [2.45, 2.75) is 25.0 Å². The predicted molar refractivity (Wildman–Crippen MR) is 148 cm³/mol. The number of amidine groups is 1. The van der Waals surface area contributed by atoms with Gasteiger partial charge in [0.1, 0.15) is 11.0 Å². The maximum absolute atomic E-state index is 13.2. The van der Waals surface area contributed by atoms with Crippen LogP contribution in [0.15, 0.2) is 77.8 Å². The number of nitrogens with zero attached hydrogens (tertiary/aromatic N) is 2. The second kappa shape index (κ2) is 12.3. The molecule has 0 aliphatic carbocycles. The van der Waals surface area contributed by atoms with Crippen LogP contribution >= 0.6 is 35.0 Å². The summed E-state index contributed by atoms with van der Waals surface area (Å²) < 4.78 is 5.51. The van der Waals surface area contributed by atoms with Crippen molar-refractivity contribution in [1.82, 2.24) is 4.90 Å². The first kappa shape index (κ1) is 26.1. The molecule has 3 aromatic rings. The van der Waals surface area contributed by atoms with E-state index in [0.717, 1.165) is 5.56 Å². The van der Waals surface area contributed by atoms with E-state index in [9.17, 15) is 9.59 Å². The summed E-state index contributed by atoms with van der Waals surface area (Å²) in [6.45, 7) is 2.85. The summed E-state index contributed by atoms with van der Waals surface area (Å²) in [7, 11) is 0. The quantitative estimate of drug-likeness (QED) is 0.349. The molecule has 0 aromatic heterocycles. The zero-order chi connectivity index (χ0) is 25.5. The second-order valence-corrected chi connectivity index (χ2v) is 10.1. The van der Waals surface area contributed by atoms with E-state index in [-0.39, 0.29) is 18.2 Å². The van der Waals surface area contributed by atoms with Gasteiger partial charge in [0.15, 0.2) is 5.17 Å². The summed E-state index contributed by atoms with van der Waals surface area (Å²) in [6, 6.07) is 21.8. The first-order valence-corrected chi connectivity index (χ1v) is 13.1. The number of benzene rings is 3. The number of thioether (sulfide) groups is 1. The van der Waals surface area contributed by atoms with Crippen molar-refractivity contribution in [2.24, 2.45) is 4.99 Å². The SMILES string of the molecule is CCOc1cccc(NC(=O)C2CC(=O)N(CCc3ccc(Cl)cc3)C(=Nc3cccc(Cl)c3)S2)c1. The minimum atomic E-state index is -0.627. The number of nitrogens with one attached hydrogen (secondary N) is 1. The van der Waals surface area contributed by atoms with E-state index >= 15 is 0 Å². The van der Waals surface area contributed by atoms with Crippen LogP contribution in [0, 0.1) is 0 Å². The summed E-state index contributed by atoms with van der Waals surface area (Å²) >= 11 is 13.4. The van der Waals surface area contributed by atoms with Gasteiger partial charge in [0.2, 0.25) is 11.8 Å². The first-order chi connectivity index (χ1) is 17.4. The van der Waals surface area contributed by atoms with Crippen molar-refractivity contribution in [2.75, 3.05) is 18.5 Å². The minimum absolute atomic E-state index is 0.0663. The van der Waals surface area contributed by atoms with Crippen LogP contribution in [0.3, 0.4) is 0 Å². The Labute approximate surface area is 224 Å². The number of aliphatic imine (C=N–C) groups is 1. The first-order valence-electron chi connectivity index (χ1n) is 11.5. The third kappa shape index (κ3) is 7.03. The summed E-state index contributed by atoms with van der Waals surface area (Å²) in [6.07, 6.45) is 0.690. The maximum atomic E-state index is 13.2. The molecule has 1 aliphatic heterocycles. The highest BCUT2D eigenvalue weighted by Gasteiger charge is 2.35. The number of halogens is 2. The Kier molecular flexibility index (Phi) is 8.91. The molecule has 1 saturated heterocycles. The molecule has 0 radical (unpaired) electrons. The van der Waals surface area contributed by atoms with Gasteiger partial charge < -0.3 is 10.1 Å². The van der Waals surface area contributed by atoms with Crippen molar-refractivity contribution in [3.05, 3.63) is 88.4 Å². The van der Waals surface area contributed by atoms with Gasteiger partial charge in [-0.1, -0.05) is 59.2 Å². The molecule has 0 bridgehead atoms. The van der Waals surface area contributed by atoms with E-state index in [4.69, 9.17) is 32.9 Å². The molecule has 0 saturated carbocycles. The lowest BCUT2D eigenvalue weighted by atomic mass is 10.1. The van der Waals surface area contributed by atoms with Gasteiger partial charge in [0.25, 0.3) is 0 Å². The highest BCUT2D eigenvalue weighted by atomic mass is 35.5. The van der Waals surface area contributed by atoms with Crippen LogP contribution in [-0.2, 0) is 16.0 Å². The number of carbonyl (C=O) groups excluding carboxylic acids is 2. The molecular weight excluding hydrogens is 517 g/mol. The van der Waals surface area contributed by atoms with Gasteiger partial charge in [0, 0.05) is 34.8 Å². The molecule has 0 spiro atoms. The number of rotatable bonds is 8. The van der Waals surface area contributed by atoms with Crippen molar-refractivity contribution in [3.8, 4) is 5.75 Å². The molecule has 2 amide bonds. The monoisotopic (exact) mass is 541 g/mol. The van der Waals surface area contributed by atoms with Gasteiger partial charge in [-0.3, -0.25) is 14.5 Å². The number of hydrogen-bond donors (Lipinski definition) is 1. The lowest BCUT2D eigenvalue weighted by molar-refractivity contribution is -0.129. The fourth-order valence-corrected chi connectivity index (χ4v) is 5.10. The molecular formula is C27H25Cl2N3O3S. The summed E-state index contributed by atoms with van der Waals surface area (Å²) in [5.41, 5.74) is 2.27. The average Bonchev–Trinajstić information content (AvgIpc) is 2.85. The van der Waals surface area contributed by atoms with Crippen LogP contribution < -0.4 is 10.1 Å². The lowest BCUT2D eigenvalue weighted by Gasteiger charge is -2.32. The molecule has 1 aliphatic rings. The van der Waals surface area contributed by atoms with Crippen molar-refractivity contribution in [1.29, 1.82) is 0 Å². The van der Waals surface area contributed by atoms with Gasteiger partial charge >= 0.3 is 0 Å². The number of ether oxygens (including phenoxy) is 1. The molecule has 1 heterocycles. The molecule has 3 aromatic carbocycles. The smallest absolute Gasteiger partial charge is 0.238 e. The van der Waals surface area contributed by atoms with Gasteiger partial charge in [-0.25, -0.2) is 4.99 Å². The zero-order valence-corrected chi connectivity index (χ0v) is 21.9. The third-order valence-corrected chi connectivity index (χ3v) is 7.09. The van der Waals surface area contributed by atoms with Crippen molar-refractivity contribution < 1.29 is 14.3 Å². The Morgan fingerprint density at radius 2 is 1.86 bits per heavy atom. The number of amides is 2. The van der Waals surface area contributed by atoms with Crippen LogP contribution in [0.1, 0.15) is 18.9 Å². The molecule has 1 atom stereocenters. The summed E-state index contributed by atoms with van der Waals surface area (Å²) in [5.74, 6) is 0.240. The largest absolute Gasteiger partial charge is 0.494 e. The van der Waals surface area contributed by atoms with Crippen LogP contribution in [0.25, 0.3) is 0 Å². The van der Waals surface area contributed by atoms with E-state index < -0.39 is 5.25 Å². The zero-order valence-electron chi connectivity index (χ0n) is 19.6. The number of carbonyl (C=O) groups is 2. The normalized spacial score (nSPS) is 16.8. The average molecular weight is 542 g/mol. The number of anilines is 1. The standard InChI is InChI=1S/C27H25Cl2N3O3S/c1-2-35-23-8-4-7-22(16-23)30-26(34)24-17-25(33)32(14-13-18-9-11-19(28)12-10-18)27(36-24)31-21-6-3-5-20(29)15-21/h3-12,15-16,24H,2,13-14,17H2,1H3,(H,30,34). The Bertz CT molecular complexity index is 1270.